The van der Waals surface area contributed by atoms with E-state index >= 15 is 0 Å². The second-order valence-corrected chi connectivity index (χ2v) is 5.70. The van der Waals surface area contributed by atoms with Gasteiger partial charge in [-0.3, -0.25) is 14.9 Å². The van der Waals surface area contributed by atoms with E-state index in [4.69, 9.17) is 5.11 Å². The molecule has 7 heteroatoms. The minimum absolute atomic E-state index is 0.0608. The van der Waals surface area contributed by atoms with E-state index in [1.807, 2.05) is 20.8 Å². The second kappa shape index (κ2) is 7.03. The maximum absolute atomic E-state index is 11.7. The Hall–Kier alpha value is -2.15. The van der Waals surface area contributed by atoms with E-state index in [1.165, 1.54) is 18.2 Å². The zero-order valence-corrected chi connectivity index (χ0v) is 12.5. The number of amides is 1. The Labute approximate surface area is 123 Å². The van der Waals surface area contributed by atoms with Crippen molar-refractivity contribution in [3.05, 3.63) is 33.9 Å². The fraction of sp³-hybridized carbons (Fsp3) is 0.500. The van der Waals surface area contributed by atoms with Gasteiger partial charge in [0.2, 0.25) is 5.91 Å². The number of hydrogen-bond acceptors (Lipinski definition) is 5. The van der Waals surface area contributed by atoms with E-state index < -0.39 is 10.3 Å². The lowest BCUT2D eigenvalue weighted by Crippen LogP contribution is -2.37. The quantitative estimate of drug-likeness (QED) is 0.420. The van der Waals surface area contributed by atoms with Gasteiger partial charge in [0.15, 0.2) is 0 Å². The van der Waals surface area contributed by atoms with Gasteiger partial charge in [-0.2, -0.15) is 0 Å². The minimum Gasteiger partial charge on any atom is -0.392 e. The molecule has 0 saturated heterocycles. The van der Waals surface area contributed by atoms with Crippen LogP contribution in [-0.4, -0.2) is 29.0 Å². The number of aliphatic hydroxyl groups excluding tert-OH is 1. The van der Waals surface area contributed by atoms with Crippen molar-refractivity contribution in [3.8, 4) is 0 Å². The predicted octanol–water partition coefficient (Wildman–Crippen LogP) is 1.66. The van der Waals surface area contributed by atoms with Crippen molar-refractivity contribution in [2.24, 2.45) is 5.41 Å². The van der Waals surface area contributed by atoms with Crippen LogP contribution in [0.1, 0.15) is 26.3 Å². The molecule has 0 bridgehead atoms. The van der Waals surface area contributed by atoms with Gasteiger partial charge in [0.25, 0.3) is 5.69 Å². The van der Waals surface area contributed by atoms with Crippen LogP contribution in [0.15, 0.2) is 18.2 Å². The van der Waals surface area contributed by atoms with Gasteiger partial charge in [0, 0.05) is 24.6 Å². The fourth-order valence-corrected chi connectivity index (χ4v) is 1.62. The average Bonchev–Trinajstić information content (AvgIpc) is 2.41. The van der Waals surface area contributed by atoms with Crippen LogP contribution in [0.4, 0.5) is 11.4 Å². The maximum atomic E-state index is 11.7. The Kier molecular flexibility index (Phi) is 5.66. The number of nitrogens with zero attached hydrogens (tertiary/aromatic N) is 1. The first-order valence-electron chi connectivity index (χ1n) is 6.66. The molecule has 0 aliphatic carbocycles. The summed E-state index contributed by atoms with van der Waals surface area (Å²) in [6.07, 6.45) is 0. The van der Waals surface area contributed by atoms with Crippen LogP contribution in [0.5, 0.6) is 0 Å². The number of nitro groups is 1. The van der Waals surface area contributed by atoms with Gasteiger partial charge in [-0.25, -0.2) is 0 Å². The van der Waals surface area contributed by atoms with Crippen LogP contribution in [0.25, 0.3) is 0 Å². The van der Waals surface area contributed by atoms with Gasteiger partial charge < -0.3 is 15.7 Å². The van der Waals surface area contributed by atoms with Gasteiger partial charge in [0.1, 0.15) is 5.69 Å². The third-order valence-corrected chi connectivity index (χ3v) is 2.85. The summed E-state index contributed by atoms with van der Waals surface area (Å²) in [4.78, 5) is 22.1. The van der Waals surface area contributed by atoms with E-state index in [1.54, 1.807) is 0 Å². The van der Waals surface area contributed by atoms with Crippen LogP contribution in [0.3, 0.4) is 0 Å². The number of nitrogens with one attached hydrogen (secondary N) is 2. The van der Waals surface area contributed by atoms with Crippen LogP contribution < -0.4 is 10.6 Å². The van der Waals surface area contributed by atoms with Gasteiger partial charge in [-0.15, -0.1) is 0 Å². The van der Waals surface area contributed by atoms with E-state index in [9.17, 15) is 14.9 Å². The lowest BCUT2D eigenvalue weighted by atomic mass is 9.96. The van der Waals surface area contributed by atoms with E-state index in [0.717, 1.165) is 0 Å². The van der Waals surface area contributed by atoms with Crippen LogP contribution >= 0.6 is 0 Å². The molecule has 0 fully saturated rings. The highest BCUT2D eigenvalue weighted by Crippen LogP contribution is 2.25. The largest absolute Gasteiger partial charge is 0.392 e. The lowest BCUT2D eigenvalue weighted by Gasteiger charge is -2.17. The van der Waals surface area contributed by atoms with Gasteiger partial charge in [-0.1, -0.05) is 20.8 Å². The summed E-state index contributed by atoms with van der Waals surface area (Å²) in [5.74, 6) is -0.0806. The third kappa shape index (κ3) is 5.03. The van der Waals surface area contributed by atoms with E-state index in [0.29, 0.717) is 24.3 Å². The maximum Gasteiger partial charge on any atom is 0.292 e. The first-order chi connectivity index (χ1) is 9.75. The summed E-state index contributed by atoms with van der Waals surface area (Å²) >= 11 is 0. The monoisotopic (exact) mass is 295 g/mol. The number of rotatable bonds is 6. The second-order valence-electron chi connectivity index (χ2n) is 5.70. The number of carbonyl (C=O) groups is 1. The Morgan fingerprint density at radius 2 is 2.00 bits per heavy atom. The average molecular weight is 295 g/mol. The zero-order chi connectivity index (χ0) is 16.0. The van der Waals surface area contributed by atoms with Crippen LogP contribution in [-0.2, 0) is 11.4 Å². The molecule has 3 N–H and O–H groups in total. The van der Waals surface area contributed by atoms with Crippen molar-refractivity contribution in [2.45, 2.75) is 27.4 Å². The molecule has 0 unspecified atom stereocenters. The summed E-state index contributed by atoms with van der Waals surface area (Å²) in [5, 5.41) is 25.7. The normalized spacial score (nSPS) is 11.0. The SMILES string of the molecule is CC(C)(C)C(=O)NCCNc1cc(CO)ccc1[N+](=O)[O-]. The zero-order valence-electron chi connectivity index (χ0n) is 12.5. The first-order valence-corrected chi connectivity index (χ1v) is 6.66. The Bertz CT molecular complexity index is 523. The van der Waals surface area contributed by atoms with Gasteiger partial charge in [-0.05, 0) is 17.7 Å². The number of anilines is 1. The summed E-state index contributed by atoms with van der Waals surface area (Å²) in [6.45, 7) is 5.96. The number of carbonyl (C=O) groups excluding carboxylic acids is 1. The molecule has 0 aliphatic heterocycles. The molecular weight excluding hydrogens is 274 g/mol. The summed E-state index contributed by atoms with van der Waals surface area (Å²) in [6, 6.07) is 4.38. The van der Waals surface area contributed by atoms with Gasteiger partial charge >= 0.3 is 0 Å². The van der Waals surface area contributed by atoms with Crippen LogP contribution in [0, 0.1) is 15.5 Å². The summed E-state index contributed by atoms with van der Waals surface area (Å²) in [5.41, 5.74) is 0.385. The third-order valence-electron chi connectivity index (χ3n) is 2.85. The van der Waals surface area contributed by atoms with Crippen molar-refractivity contribution in [1.82, 2.24) is 5.32 Å². The molecule has 1 rings (SSSR count). The molecule has 0 spiro atoms. The van der Waals surface area contributed by atoms with Crippen molar-refractivity contribution < 1.29 is 14.8 Å². The Morgan fingerprint density at radius 1 is 1.33 bits per heavy atom. The van der Waals surface area contributed by atoms with Crippen molar-refractivity contribution in [1.29, 1.82) is 0 Å². The molecular formula is C14H21N3O4. The molecule has 1 aromatic carbocycles. The lowest BCUT2D eigenvalue weighted by molar-refractivity contribution is -0.384. The predicted molar refractivity (Wildman–Crippen MR) is 80.0 cm³/mol. The van der Waals surface area contributed by atoms with Crippen LogP contribution in [0.2, 0.25) is 0 Å². The minimum atomic E-state index is -0.489. The van der Waals surface area contributed by atoms with Crippen molar-refractivity contribution in [3.63, 3.8) is 0 Å². The highest BCUT2D eigenvalue weighted by Gasteiger charge is 2.20. The van der Waals surface area contributed by atoms with Gasteiger partial charge in [0.05, 0.1) is 11.5 Å². The molecule has 1 amide bonds. The number of nitro benzene ring substituents is 1. The number of hydrogen-bond donors (Lipinski definition) is 3. The molecule has 0 heterocycles. The highest BCUT2D eigenvalue weighted by molar-refractivity contribution is 5.81. The number of benzene rings is 1. The van der Waals surface area contributed by atoms with Crippen molar-refractivity contribution >= 4 is 17.3 Å². The molecule has 7 nitrogen and oxygen atoms in total. The van der Waals surface area contributed by atoms with E-state index in [2.05, 4.69) is 10.6 Å². The topological polar surface area (TPSA) is 104 Å². The standard InChI is InChI=1S/C14H21N3O4/c1-14(2,3)13(19)16-7-6-15-11-8-10(9-18)4-5-12(11)17(20)21/h4-5,8,15,18H,6-7,9H2,1-3H3,(H,16,19). The van der Waals surface area contributed by atoms with Crippen molar-refractivity contribution in [2.75, 3.05) is 18.4 Å². The fourth-order valence-electron chi connectivity index (χ4n) is 1.62. The molecule has 21 heavy (non-hydrogen) atoms. The smallest absolute Gasteiger partial charge is 0.292 e. The Balaban J connectivity index is 2.62. The highest BCUT2D eigenvalue weighted by atomic mass is 16.6. The molecule has 0 atom stereocenters. The molecule has 0 saturated carbocycles. The Morgan fingerprint density at radius 3 is 2.52 bits per heavy atom. The molecule has 0 aliphatic rings. The summed E-state index contributed by atoms with van der Waals surface area (Å²) in [7, 11) is 0. The molecule has 0 radical (unpaired) electrons. The molecule has 1 aromatic rings. The summed E-state index contributed by atoms with van der Waals surface area (Å²) < 4.78 is 0. The molecule has 116 valence electrons. The van der Waals surface area contributed by atoms with E-state index in [-0.39, 0.29) is 18.2 Å². The first kappa shape index (κ1) is 16.9. The molecule has 0 aromatic heterocycles. The number of aliphatic hydroxyl groups is 1.